The van der Waals surface area contributed by atoms with Gasteiger partial charge in [-0.15, -0.1) is 0 Å². The minimum absolute atomic E-state index is 0.0667. The molecule has 1 amide bonds. The van der Waals surface area contributed by atoms with Crippen molar-refractivity contribution in [3.8, 4) is 5.75 Å². The summed E-state index contributed by atoms with van der Waals surface area (Å²) in [7, 11) is 0. The monoisotopic (exact) mass is 335 g/mol. The number of phenols is 1. The van der Waals surface area contributed by atoms with Crippen LogP contribution < -0.4 is 5.32 Å². The Morgan fingerprint density at radius 3 is 2.58 bits per heavy atom. The Hall–Kier alpha value is -2.96. The van der Waals surface area contributed by atoms with E-state index in [1.54, 1.807) is 0 Å². The Morgan fingerprint density at radius 2 is 1.92 bits per heavy atom. The summed E-state index contributed by atoms with van der Waals surface area (Å²) in [6.07, 6.45) is 0. The van der Waals surface area contributed by atoms with E-state index < -0.39 is 36.2 Å². The number of carbonyl (C=O) groups excluding carboxylic acids is 2. The predicted molar refractivity (Wildman–Crippen MR) is 81.3 cm³/mol. The highest BCUT2D eigenvalue weighted by Crippen LogP contribution is 2.18. The van der Waals surface area contributed by atoms with Crippen LogP contribution in [0.5, 0.6) is 5.75 Å². The molecule has 0 unspecified atom stereocenters. The molecule has 2 aromatic carbocycles. The zero-order valence-electron chi connectivity index (χ0n) is 12.8. The first-order valence-corrected chi connectivity index (χ1v) is 7.08. The molecule has 0 aromatic heterocycles. The summed E-state index contributed by atoms with van der Waals surface area (Å²) in [6.45, 7) is 0.916. The average molecular weight is 335 g/mol. The molecule has 0 bridgehead atoms. The van der Waals surface area contributed by atoms with E-state index in [4.69, 9.17) is 4.74 Å². The number of aromatic hydroxyl groups is 1. The lowest BCUT2D eigenvalue weighted by atomic mass is 10.1. The highest BCUT2D eigenvalue weighted by molar-refractivity contribution is 5.93. The molecule has 2 rings (SSSR count). The van der Waals surface area contributed by atoms with Gasteiger partial charge in [-0.05, 0) is 25.1 Å². The summed E-state index contributed by atoms with van der Waals surface area (Å²) in [4.78, 5) is 23.5. The van der Waals surface area contributed by atoms with E-state index in [9.17, 15) is 23.5 Å². The van der Waals surface area contributed by atoms with Gasteiger partial charge in [-0.2, -0.15) is 0 Å². The third-order valence-electron chi connectivity index (χ3n) is 3.26. The molecule has 7 heteroatoms. The van der Waals surface area contributed by atoms with E-state index in [0.717, 1.165) is 12.1 Å². The predicted octanol–water partition coefficient (Wildman–Crippen LogP) is 2.70. The quantitative estimate of drug-likeness (QED) is 0.824. The van der Waals surface area contributed by atoms with Gasteiger partial charge in [-0.3, -0.25) is 4.79 Å². The van der Waals surface area contributed by atoms with Gasteiger partial charge in [0.1, 0.15) is 22.9 Å². The van der Waals surface area contributed by atoms with Crippen LogP contribution in [0.1, 0.15) is 28.9 Å². The van der Waals surface area contributed by atoms with Gasteiger partial charge >= 0.3 is 5.97 Å². The Labute approximate surface area is 136 Å². The highest BCUT2D eigenvalue weighted by Gasteiger charge is 2.17. The van der Waals surface area contributed by atoms with E-state index in [0.29, 0.717) is 0 Å². The van der Waals surface area contributed by atoms with E-state index in [1.165, 1.54) is 37.3 Å². The maximum Gasteiger partial charge on any atom is 0.342 e. The van der Waals surface area contributed by atoms with Crippen molar-refractivity contribution in [2.45, 2.75) is 13.0 Å². The number of halogens is 2. The summed E-state index contributed by atoms with van der Waals surface area (Å²) in [5.41, 5.74) is 0.0414. The van der Waals surface area contributed by atoms with Crippen molar-refractivity contribution in [3.63, 3.8) is 0 Å². The molecule has 0 radical (unpaired) electrons. The number of para-hydroxylation sites is 1. The van der Waals surface area contributed by atoms with Gasteiger partial charge in [0.15, 0.2) is 6.61 Å². The molecule has 1 atom stereocenters. The number of rotatable bonds is 5. The summed E-state index contributed by atoms with van der Waals surface area (Å²) >= 11 is 0. The molecule has 0 aliphatic heterocycles. The van der Waals surface area contributed by atoms with Gasteiger partial charge in [0.25, 0.3) is 5.91 Å². The van der Waals surface area contributed by atoms with Crippen LogP contribution in [0.2, 0.25) is 0 Å². The Balaban J connectivity index is 1.91. The van der Waals surface area contributed by atoms with E-state index in [1.807, 2.05) is 0 Å². The molecular weight excluding hydrogens is 320 g/mol. The van der Waals surface area contributed by atoms with Gasteiger partial charge in [0.05, 0.1) is 6.04 Å². The first kappa shape index (κ1) is 17.4. The fourth-order valence-corrected chi connectivity index (χ4v) is 2.07. The van der Waals surface area contributed by atoms with E-state index in [2.05, 4.69) is 5.32 Å². The van der Waals surface area contributed by atoms with Crippen LogP contribution in [-0.4, -0.2) is 23.6 Å². The fraction of sp³-hybridized carbons (Fsp3) is 0.176. The number of benzene rings is 2. The number of hydrogen-bond acceptors (Lipinski definition) is 4. The normalized spacial score (nSPS) is 11.6. The third-order valence-corrected chi connectivity index (χ3v) is 3.26. The molecule has 0 aliphatic rings. The van der Waals surface area contributed by atoms with Crippen LogP contribution >= 0.6 is 0 Å². The summed E-state index contributed by atoms with van der Waals surface area (Å²) in [5.74, 6) is -3.27. The Morgan fingerprint density at radius 1 is 1.21 bits per heavy atom. The number of carbonyl (C=O) groups is 2. The second-order valence-electron chi connectivity index (χ2n) is 5.05. The third kappa shape index (κ3) is 4.28. The first-order valence-electron chi connectivity index (χ1n) is 7.08. The lowest BCUT2D eigenvalue weighted by molar-refractivity contribution is -0.124. The van der Waals surface area contributed by atoms with Crippen molar-refractivity contribution in [1.82, 2.24) is 5.32 Å². The molecule has 0 saturated carbocycles. The molecule has 0 heterocycles. The second kappa shape index (κ2) is 7.54. The molecule has 5 nitrogen and oxygen atoms in total. The zero-order chi connectivity index (χ0) is 17.7. The van der Waals surface area contributed by atoms with Gasteiger partial charge in [0.2, 0.25) is 0 Å². The maximum absolute atomic E-state index is 13.6. The van der Waals surface area contributed by atoms with Gasteiger partial charge in [0, 0.05) is 11.6 Å². The largest absolute Gasteiger partial charge is 0.507 e. The zero-order valence-corrected chi connectivity index (χ0v) is 12.8. The van der Waals surface area contributed by atoms with Crippen LogP contribution in [0.3, 0.4) is 0 Å². The molecule has 2 aromatic rings. The number of phenolic OH excluding ortho intramolecular Hbond substituents is 1. The standard InChI is InChI=1S/C17H15F2NO4/c1-10(12-7-6-11(18)8-14(12)19)20-16(22)9-24-17(23)13-4-2-3-5-15(13)21/h2-8,10,21H,9H2,1H3,(H,20,22)/t10-/m1/s1. The SMILES string of the molecule is C[C@@H](NC(=O)COC(=O)c1ccccc1O)c1ccc(F)cc1F. The van der Waals surface area contributed by atoms with Gasteiger partial charge < -0.3 is 15.2 Å². The van der Waals surface area contributed by atoms with Gasteiger partial charge in [-0.25, -0.2) is 13.6 Å². The van der Waals surface area contributed by atoms with E-state index in [-0.39, 0.29) is 16.9 Å². The van der Waals surface area contributed by atoms with Crippen LogP contribution in [0.4, 0.5) is 8.78 Å². The topological polar surface area (TPSA) is 75.6 Å². The molecular formula is C17H15F2NO4. The number of esters is 1. The van der Waals surface area contributed by atoms with Crippen LogP contribution in [0.25, 0.3) is 0 Å². The Bertz CT molecular complexity index is 764. The van der Waals surface area contributed by atoms with Crippen molar-refractivity contribution in [3.05, 3.63) is 65.2 Å². The van der Waals surface area contributed by atoms with Crippen molar-refractivity contribution >= 4 is 11.9 Å². The van der Waals surface area contributed by atoms with Crippen LogP contribution in [0.15, 0.2) is 42.5 Å². The minimum Gasteiger partial charge on any atom is -0.507 e. The molecule has 2 N–H and O–H groups in total. The summed E-state index contributed by atoms with van der Waals surface area (Å²) < 4.78 is 31.3. The summed E-state index contributed by atoms with van der Waals surface area (Å²) in [6, 6.07) is 8.04. The van der Waals surface area contributed by atoms with Gasteiger partial charge in [-0.1, -0.05) is 18.2 Å². The number of hydrogen-bond donors (Lipinski definition) is 2. The maximum atomic E-state index is 13.6. The van der Waals surface area contributed by atoms with Crippen molar-refractivity contribution in [2.24, 2.45) is 0 Å². The molecule has 126 valence electrons. The molecule has 0 aliphatic carbocycles. The average Bonchev–Trinajstić information content (AvgIpc) is 2.52. The second-order valence-corrected chi connectivity index (χ2v) is 5.05. The molecule has 24 heavy (non-hydrogen) atoms. The van der Waals surface area contributed by atoms with E-state index >= 15 is 0 Å². The highest BCUT2D eigenvalue weighted by atomic mass is 19.1. The first-order chi connectivity index (χ1) is 11.4. The van der Waals surface area contributed by atoms with Crippen molar-refractivity contribution < 1.29 is 28.2 Å². The molecule has 0 fully saturated rings. The fourth-order valence-electron chi connectivity index (χ4n) is 2.07. The molecule has 0 saturated heterocycles. The number of ether oxygens (including phenoxy) is 1. The smallest absolute Gasteiger partial charge is 0.342 e. The van der Waals surface area contributed by atoms with Crippen LogP contribution in [-0.2, 0) is 9.53 Å². The lowest BCUT2D eigenvalue weighted by Crippen LogP contribution is -2.31. The van der Waals surface area contributed by atoms with Crippen molar-refractivity contribution in [2.75, 3.05) is 6.61 Å². The van der Waals surface area contributed by atoms with Crippen molar-refractivity contribution in [1.29, 1.82) is 0 Å². The van der Waals surface area contributed by atoms with Crippen LogP contribution in [0, 0.1) is 11.6 Å². The Kier molecular flexibility index (Phi) is 5.47. The lowest BCUT2D eigenvalue weighted by Gasteiger charge is -2.15. The minimum atomic E-state index is -0.858. The number of amides is 1. The molecule has 0 spiro atoms. The number of nitrogens with one attached hydrogen (secondary N) is 1. The summed E-state index contributed by atoms with van der Waals surface area (Å²) in [5, 5.41) is 12.0.